The third kappa shape index (κ3) is 4.01. The Balaban J connectivity index is 1.24. The van der Waals surface area contributed by atoms with Gasteiger partial charge in [0, 0.05) is 56.9 Å². The van der Waals surface area contributed by atoms with Crippen LogP contribution in [0, 0.1) is 11.6 Å². The van der Waals surface area contributed by atoms with E-state index in [-0.39, 0.29) is 11.5 Å². The second-order valence-corrected chi connectivity index (χ2v) is 9.00. The standard InChI is InChI=1S/C25H27F2N3O2/c26-20-6-7-22(23(27)15-20)25(32)30-9-8-17-14-18(4-5-19(17)16-30)24(31)29-12-10-28(11-13-29)21-2-1-3-21/h4-7,14-15,21H,1-3,8-13,16H2. The molecule has 1 saturated heterocycles. The molecule has 2 amide bonds. The number of fused-ring (bicyclic) bond motifs is 1. The molecule has 0 N–H and O–H groups in total. The summed E-state index contributed by atoms with van der Waals surface area (Å²) < 4.78 is 27.2. The number of hydrogen-bond acceptors (Lipinski definition) is 3. The lowest BCUT2D eigenvalue weighted by Gasteiger charge is -2.43. The summed E-state index contributed by atoms with van der Waals surface area (Å²) in [5, 5.41) is 0. The zero-order valence-electron chi connectivity index (χ0n) is 18.0. The van der Waals surface area contributed by atoms with Gasteiger partial charge in [-0.3, -0.25) is 14.5 Å². The fourth-order valence-corrected chi connectivity index (χ4v) is 4.92. The quantitative estimate of drug-likeness (QED) is 0.736. The highest BCUT2D eigenvalue weighted by atomic mass is 19.1. The summed E-state index contributed by atoms with van der Waals surface area (Å²) in [6, 6.07) is 9.39. The van der Waals surface area contributed by atoms with Crippen molar-refractivity contribution >= 4 is 11.8 Å². The van der Waals surface area contributed by atoms with Crippen molar-refractivity contribution in [3.63, 3.8) is 0 Å². The highest BCUT2D eigenvalue weighted by Crippen LogP contribution is 2.27. The number of nitrogens with zero attached hydrogens (tertiary/aromatic N) is 3. The van der Waals surface area contributed by atoms with Crippen molar-refractivity contribution in [3.05, 3.63) is 70.3 Å². The van der Waals surface area contributed by atoms with Gasteiger partial charge in [0.25, 0.3) is 11.8 Å². The molecule has 0 bridgehead atoms. The molecule has 32 heavy (non-hydrogen) atoms. The second kappa shape index (κ2) is 8.62. The first-order valence-corrected chi connectivity index (χ1v) is 11.4. The first-order chi connectivity index (χ1) is 15.5. The Morgan fingerprint density at radius 2 is 1.59 bits per heavy atom. The molecule has 0 spiro atoms. The summed E-state index contributed by atoms with van der Waals surface area (Å²) >= 11 is 0. The lowest BCUT2D eigenvalue weighted by Crippen LogP contribution is -2.53. The van der Waals surface area contributed by atoms with Gasteiger partial charge in [-0.15, -0.1) is 0 Å². The maximum absolute atomic E-state index is 14.0. The van der Waals surface area contributed by atoms with Crippen LogP contribution in [0.4, 0.5) is 8.78 Å². The third-order valence-electron chi connectivity index (χ3n) is 7.11. The number of halogens is 2. The SMILES string of the molecule is O=C(c1ccc2c(c1)CCN(C(=O)c1ccc(F)cc1F)C2)N1CCN(C2CCC2)CC1. The van der Waals surface area contributed by atoms with E-state index in [4.69, 9.17) is 0 Å². The average Bonchev–Trinajstić information content (AvgIpc) is 2.77. The van der Waals surface area contributed by atoms with E-state index in [1.165, 1.54) is 25.3 Å². The van der Waals surface area contributed by atoms with Crippen LogP contribution in [0.1, 0.15) is 51.1 Å². The van der Waals surface area contributed by atoms with Crippen LogP contribution < -0.4 is 0 Å². The molecule has 2 aliphatic heterocycles. The zero-order valence-corrected chi connectivity index (χ0v) is 18.0. The maximum Gasteiger partial charge on any atom is 0.257 e. The summed E-state index contributed by atoms with van der Waals surface area (Å²) in [6.07, 6.45) is 4.49. The van der Waals surface area contributed by atoms with Crippen LogP contribution in [-0.4, -0.2) is 65.3 Å². The van der Waals surface area contributed by atoms with Crippen LogP contribution in [0.2, 0.25) is 0 Å². The largest absolute Gasteiger partial charge is 0.336 e. The molecule has 1 saturated carbocycles. The van der Waals surface area contributed by atoms with E-state index in [9.17, 15) is 18.4 Å². The molecule has 5 rings (SSSR count). The number of piperazine rings is 1. The van der Waals surface area contributed by atoms with Crippen molar-refractivity contribution in [1.29, 1.82) is 0 Å². The minimum atomic E-state index is -0.848. The Labute approximate surface area is 186 Å². The third-order valence-corrected chi connectivity index (χ3v) is 7.11. The van der Waals surface area contributed by atoms with Crippen LogP contribution in [0.3, 0.4) is 0 Å². The van der Waals surface area contributed by atoms with Crippen molar-refractivity contribution in [3.8, 4) is 0 Å². The molecule has 0 unspecified atom stereocenters. The van der Waals surface area contributed by atoms with E-state index in [2.05, 4.69) is 4.90 Å². The van der Waals surface area contributed by atoms with Gasteiger partial charge in [-0.05, 0) is 54.7 Å². The minimum absolute atomic E-state index is 0.0629. The van der Waals surface area contributed by atoms with Gasteiger partial charge in [0.2, 0.25) is 0 Å². The van der Waals surface area contributed by atoms with E-state index >= 15 is 0 Å². The molecule has 2 heterocycles. The Morgan fingerprint density at radius 3 is 2.28 bits per heavy atom. The first kappa shape index (κ1) is 21.1. The molecule has 1 aliphatic carbocycles. The Kier molecular flexibility index (Phi) is 5.67. The topological polar surface area (TPSA) is 43.9 Å². The van der Waals surface area contributed by atoms with Crippen LogP contribution >= 0.6 is 0 Å². The lowest BCUT2D eigenvalue weighted by molar-refractivity contribution is 0.0455. The summed E-state index contributed by atoms with van der Waals surface area (Å²) in [5.41, 5.74) is 2.57. The fraction of sp³-hybridized carbons (Fsp3) is 0.440. The molecule has 0 radical (unpaired) electrons. The summed E-state index contributed by atoms with van der Waals surface area (Å²) in [4.78, 5) is 31.8. The van der Waals surface area contributed by atoms with Gasteiger partial charge >= 0.3 is 0 Å². The lowest BCUT2D eigenvalue weighted by atomic mass is 9.91. The molecule has 2 fully saturated rings. The number of carbonyl (C=O) groups excluding carboxylic acids is 2. The highest BCUT2D eigenvalue weighted by Gasteiger charge is 2.30. The smallest absolute Gasteiger partial charge is 0.257 e. The van der Waals surface area contributed by atoms with Gasteiger partial charge in [-0.25, -0.2) is 8.78 Å². The zero-order chi connectivity index (χ0) is 22.2. The van der Waals surface area contributed by atoms with Gasteiger partial charge in [0.15, 0.2) is 0 Å². The predicted molar refractivity (Wildman–Crippen MR) is 116 cm³/mol. The second-order valence-electron chi connectivity index (χ2n) is 9.00. The predicted octanol–water partition coefficient (Wildman–Crippen LogP) is 3.47. The van der Waals surface area contributed by atoms with E-state index in [0.29, 0.717) is 31.1 Å². The van der Waals surface area contributed by atoms with Gasteiger partial charge in [0.05, 0.1) is 5.56 Å². The molecule has 3 aliphatic rings. The summed E-state index contributed by atoms with van der Waals surface area (Å²) in [5.74, 6) is -1.94. The van der Waals surface area contributed by atoms with E-state index < -0.39 is 17.5 Å². The summed E-state index contributed by atoms with van der Waals surface area (Å²) in [6.45, 7) is 4.19. The van der Waals surface area contributed by atoms with Crippen LogP contribution in [0.25, 0.3) is 0 Å². The van der Waals surface area contributed by atoms with Gasteiger partial charge in [-0.2, -0.15) is 0 Å². The first-order valence-electron chi connectivity index (χ1n) is 11.4. The van der Waals surface area contributed by atoms with Gasteiger partial charge in [-0.1, -0.05) is 12.5 Å². The van der Waals surface area contributed by atoms with Crippen molar-refractivity contribution in [1.82, 2.24) is 14.7 Å². The van der Waals surface area contributed by atoms with Crippen molar-refractivity contribution in [2.75, 3.05) is 32.7 Å². The van der Waals surface area contributed by atoms with Crippen molar-refractivity contribution in [2.45, 2.75) is 38.3 Å². The number of benzene rings is 2. The highest BCUT2D eigenvalue weighted by molar-refractivity contribution is 5.95. The van der Waals surface area contributed by atoms with Crippen molar-refractivity contribution < 1.29 is 18.4 Å². The van der Waals surface area contributed by atoms with E-state index in [1.807, 2.05) is 23.1 Å². The van der Waals surface area contributed by atoms with Crippen LogP contribution in [0.5, 0.6) is 0 Å². The molecular formula is C25H27F2N3O2. The Morgan fingerprint density at radius 1 is 0.812 bits per heavy atom. The molecule has 2 aromatic rings. The maximum atomic E-state index is 14.0. The van der Waals surface area contributed by atoms with Crippen LogP contribution in [0.15, 0.2) is 36.4 Å². The van der Waals surface area contributed by atoms with Gasteiger partial charge < -0.3 is 9.80 Å². The Hall–Kier alpha value is -2.80. The molecular weight excluding hydrogens is 412 g/mol. The molecule has 2 aromatic carbocycles. The van der Waals surface area contributed by atoms with E-state index in [0.717, 1.165) is 49.4 Å². The monoisotopic (exact) mass is 439 g/mol. The molecule has 0 atom stereocenters. The average molecular weight is 440 g/mol. The minimum Gasteiger partial charge on any atom is -0.336 e. The number of amides is 2. The Bertz CT molecular complexity index is 1050. The number of hydrogen-bond donors (Lipinski definition) is 0. The molecule has 0 aromatic heterocycles. The van der Waals surface area contributed by atoms with Gasteiger partial charge in [0.1, 0.15) is 11.6 Å². The summed E-state index contributed by atoms with van der Waals surface area (Å²) in [7, 11) is 0. The van der Waals surface area contributed by atoms with Crippen molar-refractivity contribution in [2.24, 2.45) is 0 Å². The number of rotatable bonds is 3. The normalized spacial score (nSPS) is 19.4. The van der Waals surface area contributed by atoms with Crippen LogP contribution in [-0.2, 0) is 13.0 Å². The van der Waals surface area contributed by atoms with E-state index in [1.54, 1.807) is 4.90 Å². The number of carbonyl (C=O) groups is 2. The molecule has 5 nitrogen and oxygen atoms in total. The fourth-order valence-electron chi connectivity index (χ4n) is 4.92. The molecule has 168 valence electrons. The molecule has 7 heteroatoms.